The first-order chi connectivity index (χ1) is 9.61. The molecule has 104 valence electrons. The molecule has 2 aromatic rings. The van der Waals surface area contributed by atoms with Gasteiger partial charge in [0, 0.05) is 10.6 Å². The van der Waals surface area contributed by atoms with Gasteiger partial charge in [0.15, 0.2) is 0 Å². The van der Waals surface area contributed by atoms with Crippen molar-refractivity contribution in [1.29, 1.82) is 0 Å². The summed E-state index contributed by atoms with van der Waals surface area (Å²) >= 11 is 11.6. The van der Waals surface area contributed by atoms with Crippen molar-refractivity contribution in [2.24, 2.45) is 0 Å². The summed E-state index contributed by atoms with van der Waals surface area (Å²) in [6.45, 7) is 0. The molecule has 20 heavy (non-hydrogen) atoms. The zero-order valence-electron chi connectivity index (χ0n) is 11.0. The van der Waals surface area contributed by atoms with Crippen molar-refractivity contribution in [3.05, 3.63) is 64.7 Å². The lowest BCUT2D eigenvalue weighted by molar-refractivity contribution is -0.113. The number of rotatable bonds is 5. The van der Waals surface area contributed by atoms with Gasteiger partial charge in [-0.3, -0.25) is 4.79 Å². The van der Waals surface area contributed by atoms with Crippen molar-refractivity contribution >= 4 is 28.4 Å². The van der Waals surface area contributed by atoms with Gasteiger partial charge >= 0.3 is 0 Å². The zero-order chi connectivity index (χ0) is 14.5. The molecule has 0 fully saturated rings. The third-order valence-corrected chi connectivity index (χ3v) is 3.66. The van der Waals surface area contributed by atoms with Gasteiger partial charge in [-0.15, -0.1) is 0 Å². The molecule has 0 spiro atoms. The van der Waals surface area contributed by atoms with Crippen LogP contribution in [0, 0.1) is 0 Å². The van der Waals surface area contributed by atoms with E-state index in [-0.39, 0.29) is 0 Å². The van der Waals surface area contributed by atoms with Gasteiger partial charge in [0.2, 0.25) is 5.24 Å². The summed E-state index contributed by atoms with van der Waals surface area (Å²) in [5.41, 5.74) is 1.80. The molecular formula is C16H14Cl2O2. The smallest absolute Gasteiger partial charge is 0.229 e. The monoisotopic (exact) mass is 308 g/mol. The molecule has 0 saturated heterocycles. The van der Waals surface area contributed by atoms with E-state index in [0.717, 1.165) is 11.1 Å². The molecule has 0 radical (unpaired) electrons. The van der Waals surface area contributed by atoms with Crippen molar-refractivity contribution in [2.45, 2.75) is 12.3 Å². The van der Waals surface area contributed by atoms with Crippen LogP contribution in [-0.2, 0) is 11.2 Å². The molecule has 0 amide bonds. The lowest BCUT2D eigenvalue weighted by Crippen LogP contribution is -2.11. The van der Waals surface area contributed by atoms with E-state index in [1.807, 2.05) is 36.4 Å². The minimum Gasteiger partial charge on any atom is -0.496 e. The van der Waals surface area contributed by atoms with Crippen molar-refractivity contribution in [1.82, 2.24) is 0 Å². The van der Waals surface area contributed by atoms with Gasteiger partial charge in [-0.25, -0.2) is 0 Å². The van der Waals surface area contributed by atoms with E-state index in [0.29, 0.717) is 17.2 Å². The van der Waals surface area contributed by atoms with Gasteiger partial charge in [0.25, 0.3) is 0 Å². The SMILES string of the molecule is COc1ccccc1C(Cc1ccc(Cl)cc1)C(=O)Cl. The Hall–Kier alpha value is -1.51. The predicted octanol–water partition coefficient (Wildman–Crippen LogP) is 4.44. The molecule has 0 N–H and O–H groups in total. The maximum Gasteiger partial charge on any atom is 0.229 e. The third kappa shape index (κ3) is 3.53. The molecule has 2 rings (SSSR count). The summed E-state index contributed by atoms with van der Waals surface area (Å²) in [6, 6.07) is 14.8. The number of ether oxygens (including phenoxy) is 1. The summed E-state index contributed by atoms with van der Waals surface area (Å²) in [6.07, 6.45) is 0.514. The molecule has 0 aliphatic carbocycles. The molecule has 0 heterocycles. The molecule has 0 aliphatic heterocycles. The molecule has 0 aromatic heterocycles. The highest BCUT2D eigenvalue weighted by atomic mass is 35.5. The van der Waals surface area contributed by atoms with E-state index in [9.17, 15) is 4.79 Å². The number of methoxy groups -OCH3 is 1. The topological polar surface area (TPSA) is 26.3 Å². The van der Waals surface area contributed by atoms with Crippen LogP contribution >= 0.6 is 23.2 Å². The quantitative estimate of drug-likeness (QED) is 0.763. The Morgan fingerprint density at radius 3 is 2.40 bits per heavy atom. The van der Waals surface area contributed by atoms with Crippen molar-refractivity contribution < 1.29 is 9.53 Å². The van der Waals surface area contributed by atoms with Crippen LogP contribution in [0.4, 0.5) is 0 Å². The van der Waals surface area contributed by atoms with Crippen LogP contribution in [0.5, 0.6) is 5.75 Å². The highest BCUT2D eigenvalue weighted by Crippen LogP contribution is 2.31. The number of hydrogen-bond acceptors (Lipinski definition) is 2. The molecular weight excluding hydrogens is 295 g/mol. The Balaban J connectivity index is 2.32. The van der Waals surface area contributed by atoms with Crippen molar-refractivity contribution in [3.8, 4) is 5.75 Å². The molecule has 4 heteroatoms. The van der Waals surface area contributed by atoms with Crippen LogP contribution in [0.3, 0.4) is 0 Å². The Bertz CT molecular complexity index is 594. The molecule has 2 aromatic carbocycles. The summed E-state index contributed by atoms with van der Waals surface area (Å²) in [7, 11) is 1.58. The Morgan fingerprint density at radius 2 is 1.80 bits per heavy atom. The standard InChI is InChI=1S/C16H14Cl2O2/c1-20-15-5-3-2-4-13(15)14(16(18)19)10-11-6-8-12(17)9-7-11/h2-9,14H,10H2,1H3. The fourth-order valence-electron chi connectivity index (χ4n) is 2.12. The van der Waals surface area contributed by atoms with E-state index >= 15 is 0 Å². The molecule has 2 nitrogen and oxygen atoms in total. The first-order valence-electron chi connectivity index (χ1n) is 6.18. The summed E-state index contributed by atoms with van der Waals surface area (Å²) in [5.74, 6) is 0.231. The minimum atomic E-state index is -0.436. The van der Waals surface area contributed by atoms with Crippen LogP contribution in [0.25, 0.3) is 0 Å². The van der Waals surface area contributed by atoms with Crippen molar-refractivity contribution in [3.63, 3.8) is 0 Å². The summed E-state index contributed by atoms with van der Waals surface area (Å²) < 4.78 is 5.30. The summed E-state index contributed by atoms with van der Waals surface area (Å²) in [4.78, 5) is 11.8. The van der Waals surface area contributed by atoms with Crippen LogP contribution < -0.4 is 4.74 Å². The molecule has 1 unspecified atom stereocenters. The normalized spacial score (nSPS) is 11.9. The minimum absolute atomic E-state index is 0.399. The predicted molar refractivity (Wildman–Crippen MR) is 81.8 cm³/mol. The number of carbonyl (C=O) groups is 1. The molecule has 1 atom stereocenters. The second kappa shape index (κ2) is 6.78. The van der Waals surface area contributed by atoms with E-state index in [1.165, 1.54) is 0 Å². The first-order valence-corrected chi connectivity index (χ1v) is 6.94. The number of carbonyl (C=O) groups excluding carboxylic acids is 1. The van der Waals surface area contributed by atoms with Crippen LogP contribution in [0.1, 0.15) is 17.0 Å². The second-order valence-electron chi connectivity index (χ2n) is 4.43. The fraction of sp³-hybridized carbons (Fsp3) is 0.188. The Labute approximate surface area is 128 Å². The number of hydrogen-bond donors (Lipinski definition) is 0. The maximum atomic E-state index is 11.8. The average molecular weight is 309 g/mol. The zero-order valence-corrected chi connectivity index (χ0v) is 12.5. The van der Waals surface area contributed by atoms with E-state index in [1.54, 1.807) is 19.2 Å². The molecule has 0 saturated carbocycles. The summed E-state index contributed by atoms with van der Waals surface area (Å²) in [5, 5.41) is 0.268. The van der Waals surface area contributed by atoms with E-state index in [2.05, 4.69) is 0 Å². The number of benzene rings is 2. The van der Waals surface area contributed by atoms with Crippen LogP contribution in [0.15, 0.2) is 48.5 Å². The van der Waals surface area contributed by atoms with Gasteiger partial charge in [-0.2, -0.15) is 0 Å². The van der Waals surface area contributed by atoms with Crippen LogP contribution in [0.2, 0.25) is 5.02 Å². The van der Waals surface area contributed by atoms with Gasteiger partial charge < -0.3 is 4.74 Å². The highest BCUT2D eigenvalue weighted by molar-refractivity contribution is 6.64. The number of para-hydroxylation sites is 1. The average Bonchev–Trinajstić information content (AvgIpc) is 2.46. The highest BCUT2D eigenvalue weighted by Gasteiger charge is 2.22. The Morgan fingerprint density at radius 1 is 1.15 bits per heavy atom. The van der Waals surface area contributed by atoms with Crippen molar-refractivity contribution in [2.75, 3.05) is 7.11 Å². The fourth-order valence-corrected chi connectivity index (χ4v) is 2.44. The van der Waals surface area contributed by atoms with Gasteiger partial charge in [-0.1, -0.05) is 41.9 Å². The third-order valence-electron chi connectivity index (χ3n) is 3.14. The Kier molecular flexibility index (Phi) is 5.05. The van der Waals surface area contributed by atoms with Gasteiger partial charge in [0.05, 0.1) is 13.0 Å². The molecule has 0 aliphatic rings. The lowest BCUT2D eigenvalue weighted by atomic mass is 9.92. The first kappa shape index (κ1) is 14.9. The van der Waals surface area contributed by atoms with E-state index < -0.39 is 11.2 Å². The van der Waals surface area contributed by atoms with E-state index in [4.69, 9.17) is 27.9 Å². The number of halogens is 2. The lowest BCUT2D eigenvalue weighted by Gasteiger charge is -2.16. The maximum absolute atomic E-state index is 11.8. The van der Waals surface area contributed by atoms with Gasteiger partial charge in [-0.05, 0) is 41.8 Å². The van der Waals surface area contributed by atoms with Crippen LogP contribution in [-0.4, -0.2) is 12.4 Å². The molecule has 0 bridgehead atoms. The largest absolute Gasteiger partial charge is 0.496 e. The van der Waals surface area contributed by atoms with Gasteiger partial charge in [0.1, 0.15) is 5.75 Å². The second-order valence-corrected chi connectivity index (χ2v) is 5.24.